The quantitative estimate of drug-likeness (QED) is 0.851. The van der Waals surface area contributed by atoms with E-state index in [0.717, 1.165) is 18.5 Å². The van der Waals surface area contributed by atoms with Crippen LogP contribution in [0.5, 0.6) is 5.88 Å². The number of likely N-dealkylation sites (tertiary alicyclic amines) is 1. The van der Waals surface area contributed by atoms with E-state index in [0.29, 0.717) is 30.6 Å². The molecule has 0 aromatic carbocycles. The Bertz CT molecular complexity index is 698. The third kappa shape index (κ3) is 3.18. The highest BCUT2D eigenvalue weighted by Gasteiger charge is 2.41. The zero-order valence-electron chi connectivity index (χ0n) is 13.6. The van der Waals surface area contributed by atoms with E-state index in [-0.39, 0.29) is 11.3 Å². The molecule has 0 radical (unpaired) electrons. The molecule has 0 saturated carbocycles. The molecule has 2 aromatic rings. The highest BCUT2D eigenvalue weighted by Crippen LogP contribution is 2.33. The van der Waals surface area contributed by atoms with Gasteiger partial charge in [-0.2, -0.15) is 4.98 Å². The smallest absolute Gasteiger partial charge is 0.234 e. The van der Waals surface area contributed by atoms with Gasteiger partial charge in [-0.15, -0.1) is 0 Å². The third-order valence-electron chi connectivity index (χ3n) is 4.27. The molecule has 0 N–H and O–H groups in total. The number of ether oxygens (including phenoxy) is 1. The molecule has 7 nitrogen and oxygen atoms in total. The summed E-state index contributed by atoms with van der Waals surface area (Å²) in [6.45, 7) is 4.99. The van der Waals surface area contributed by atoms with Gasteiger partial charge in [0.25, 0.3) is 0 Å². The lowest BCUT2D eigenvalue weighted by atomic mass is 9.90. The molecule has 1 atom stereocenters. The number of hydrogen-bond acceptors (Lipinski definition) is 6. The van der Waals surface area contributed by atoms with Crippen LogP contribution in [0, 0.1) is 0 Å². The van der Waals surface area contributed by atoms with Crippen molar-refractivity contribution in [3.05, 3.63) is 35.6 Å². The van der Waals surface area contributed by atoms with Gasteiger partial charge in [0.15, 0.2) is 5.82 Å². The zero-order chi connectivity index (χ0) is 16.4. The Balaban J connectivity index is 1.71. The van der Waals surface area contributed by atoms with Gasteiger partial charge in [0.1, 0.15) is 0 Å². The van der Waals surface area contributed by atoms with Crippen LogP contribution in [0.15, 0.2) is 22.9 Å². The summed E-state index contributed by atoms with van der Waals surface area (Å²) in [6.07, 6.45) is 3.12. The Kier molecular flexibility index (Phi) is 4.02. The van der Waals surface area contributed by atoms with Gasteiger partial charge in [-0.3, -0.25) is 4.79 Å². The summed E-state index contributed by atoms with van der Waals surface area (Å²) in [7, 11) is 1.58. The van der Waals surface area contributed by atoms with Gasteiger partial charge in [0.05, 0.1) is 12.5 Å². The summed E-state index contributed by atoms with van der Waals surface area (Å²) in [4.78, 5) is 22.0. The molecule has 0 aliphatic carbocycles. The predicted octanol–water partition coefficient (Wildman–Crippen LogP) is 1.57. The minimum atomic E-state index is -0.269. The molecule has 122 valence electrons. The zero-order valence-corrected chi connectivity index (χ0v) is 13.6. The van der Waals surface area contributed by atoms with Crippen molar-refractivity contribution in [3.8, 4) is 5.88 Å². The van der Waals surface area contributed by atoms with Crippen molar-refractivity contribution in [2.24, 2.45) is 0 Å². The lowest BCUT2D eigenvalue weighted by molar-refractivity contribution is -0.128. The van der Waals surface area contributed by atoms with Gasteiger partial charge in [0.2, 0.25) is 17.7 Å². The molecule has 3 rings (SSSR count). The normalized spacial score (nSPS) is 20.7. The molecule has 1 fully saturated rings. The van der Waals surface area contributed by atoms with Crippen molar-refractivity contribution in [1.82, 2.24) is 20.0 Å². The predicted molar refractivity (Wildman–Crippen MR) is 82.1 cm³/mol. The van der Waals surface area contributed by atoms with Crippen LogP contribution in [0.4, 0.5) is 0 Å². The lowest BCUT2D eigenvalue weighted by Gasteiger charge is -2.19. The Hall–Kier alpha value is -2.44. The summed E-state index contributed by atoms with van der Waals surface area (Å²) in [5.41, 5.74) is 0.717. The summed E-state index contributed by atoms with van der Waals surface area (Å²) in [5, 5.41) is 4.07. The molecule has 1 unspecified atom stereocenters. The topological polar surface area (TPSA) is 81.4 Å². The second-order valence-electron chi connectivity index (χ2n) is 6.15. The number of carbonyl (C=O) groups is 1. The Morgan fingerprint density at radius 1 is 1.48 bits per heavy atom. The van der Waals surface area contributed by atoms with Crippen LogP contribution in [-0.4, -0.2) is 46.1 Å². The van der Waals surface area contributed by atoms with E-state index in [1.807, 2.05) is 11.0 Å². The number of aromatic nitrogens is 3. The van der Waals surface area contributed by atoms with Gasteiger partial charge < -0.3 is 14.2 Å². The van der Waals surface area contributed by atoms with E-state index in [4.69, 9.17) is 9.26 Å². The van der Waals surface area contributed by atoms with E-state index in [1.54, 1.807) is 26.3 Å². The van der Waals surface area contributed by atoms with E-state index in [2.05, 4.69) is 22.0 Å². The molecule has 1 aliphatic rings. The first kappa shape index (κ1) is 15.5. The largest absolute Gasteiger partial charge is 0.481 e. The van der Waals surface area contributed by atoms with Gasteiger partial charge in [0, 0.05) is 38.7 Å². The standard InChI is InChI=1S/C16H20N4O3/c1-11(21)20-7-6-16(2,10-20)15-18-13(19-23-15)8-12-4-5-14(22-3)17-9-12/h4-5,9H,6-8,10H2,1-3H3. The van der Waals surface area contributed by atoms with Crippen molar-refractivity contribution in [1.29, 1.82) is 0 Å². The first-order valence-electron chi connectivity index (χ1n) is 7.58. The molecule has 3 heterocycles. The molecule has 1 aliphatic heterocycles. The van der Waals surface area contributed by atoms with Crippen molar-refractivity contribution in [3.63, 3.8) is 0 Å². The summed E-state index contributed by atoms with van der Waals surface area (Å²) < 4.78 is 10.5. The highest BCUT2D eigenvalue weighted by molar-refractivity contribution is 5.73. The fourth-order valence-corrected chi connectivity index (χ4v) is 2.79. The molecule has 7 heteroatoms. The molecule has 2 aromatic heterocycles. The van der Waals surface area contributed by atoms with Gasteiger partial charge in [-0.05, 0) is 18.9 Å². The summed E-state index contributed by atoms with van der Waals surface area (Å²) >= 11 is 0. The maximum Gasteiger partial charge on any atom is 0.234 e. The van der Waals surface area contributed by atoms with Crippen LogP contribution in [0.1, 0.15) is 37.5 Å². The SMILES string of the molecule is COc1ccc(Cc2noc(C3(C)CCN(C(C)=O)C3)n2)cn1. The monoisotopic (exact) mass is 316 g/mol. The fraction of sp³-hybridized carbons (Fsp3) is 0.500. The Labute approximate surface area is 134 Å². The molecule has 0 bridgehead atoms. The average molecular weight is 316 g/mol. The highest BCUT2D eigenvalue weighted by atomic mass is 16.5. The van der Waals surface area contributed by atoms with Crippen LogP contribution in [0.2, 0.25) is 0 Å². The number of nitrogens with zero attached hydrogens (tertiary/aromatic N) is 4. The van der Waals surface area contributed by atoms with Crippen LogP contribution < -0.4 is 4.74 Å². The maximum absolute atomic E-state index is 11.5. The van der Waals surface area contributed by atoms with E-state index >= 15 is 0 Å². The van der Waals surface area contributed by atoms with E-state index in [1.165, 1.54) is 0 Å². The van der Waals surface area contributed by atoms with Crippen molar-refractivity contribution < 1.29 is 14.1 Å². The minimum absolute atomic E-state index is 0.0813. The van der Waals surface area contributed by atoms with Crippen molar-refractivity contribution in [2.75, 3.05) is 20.2 Å². The van der Waals surface area contributed by atoms with Crippen LogP contribution in [-0.2, 0) is 16.6 Å². The van der Waals surface area contributed by atoms with Crippen molar-refractivity contribution >= 4 is 5.91 Å². The van der Waals surface area contributed by atoms with Crippen LogP contribution in [0.25, 0.3) is 0 Å². The second-order valence-corrected chi connectivity index (χ2v) is 6.15. The number of methoxy groups -OCH3 is 1. The molecule has 1 saturated heterocycles. The molecular weight excluding hydrogens is 296 g/mol. The average Bonchev–Trinajstić information content (AvgIpc) is 3.16. The molecule has 1 amide bonds. The Morgan fingerprint density at radius 2 is 2.30 bits per heavy atom. The third-order valence-corrected chi connectivity index (χ3v) is 4.27. The molecular formula is C16H20N4O3. The number of hydrogen-bond donors (Lipinski definition) is 0. The summed E-state index contributed by atoms with van der Waals surface area (Å²) in [5.74, 6) is 1.87. The number of amides is 1. The van der Waals surface area contributed by atoms with E-state index in [9.17, 15) is 4.79 Å². The number of rotatable bonds is 4. The van der Waals surface area contributed by atoms with Crippen LogP contribution >= 0.6 is 0 Å². The van der Waals surface area contributed by atoms with E-state index < -0.39 is 0 Å². The van der Waals surface area contributed by atoms with Gasteiger partial charge >= 0.3 is 0 Å². The maximum atomic E-state index is 11.5. The van der Waals surface area contributed by atoms with Gasteiger partial charge in [-0.25, -0.2) is 4.98 Å². The number of pyridine rings is 1. The summed E-state index contributed by atoms with van der Waals surface area (Å²) in [6, 6.07) is 3.73. The number of carbonyl (C=O) groups excluding carboxylic acids is 1. The first-order chi connectivity index (χ1) is 11.0. The van der Waals surface area contributed by atoms with Gasteiger partial charge in [-0.1, -0.05) is 11.2 Å². The van der Waals surface area contributed by atoms with Crippen molar-refractivity contribution in [2.45, 2.75) is 32.1 Å². The first-order valence-corrected chi connectivity index (χ1v) is 7.58. The van der Waals surface area contributed by atoms with Crippen LogP contribution in [0.3, 0.4) is 0 Å². The Morgan fingerprint density at radius 3 is 2.91 bits per heavy atom. The molecule has 0 spiro atoms. The lowest BCUT2D eigenvalue weighted by Crippen LogP contribution is -2.31. The fourth-order valence-electron chi connectivity index (χ4n) is 2.79. The second kappa shape index (κ2) is 5.98. The minimum Gasteiger partial charge on any atom is -0.481 e. The molecule has 23 heavy (non-hydrogen) atoms.